The smallest absolute Gasteiger partial charge is 0.295 e. The van der Waals surface area contributed by atoms with Gasteiger partial charge in [0.15, 0.2) is 0 Å². The zero-order valence-electron chi connectivity index (χ0n) is 18.3. The minimum absolute atomic E-state index is 0.0789. The number of aryl methyl sites for hydroxylation is 1. The van der Waals surface area contributed by atoms with E-state index in [1.807, 2.05) is 55.7 Å². The number of nitrogens with one attached hydrogen (secondary N) is 2. The van der Waals surface area contributed by atoms with Crippen LogP contribution in [0.5, 0.6) is 0 Å². The molecular formula is C25H26N4O2S. The van der Waals surface area contributed by atoms with E-state index >= 15 is 0 Å². The maximum absolute atomic E-state index is 13.0. The van der Waals surface area contributed by atoms with Crippen molar-refractivity contribution in [2.75, 3.05) is 11.9 Å². The van der Waals surface area contributed by atoms with Crippen LogP contribution in [0.4, 0.5) is 5.69 Å². The number of hydrogen-bond donors (Lipinski definition) is 2. The number of hydrogen-bond acceptors (Lipinski definition) is 4. The maximum atomic E-state index is 13.0. The van der Waals surface area contributed by atoms with Crippen LogP contribution in [0.2, 0.25) is 0 Å². The summed E-state index contributed by atoms with van der Waals surface area (Å²) in [7, 11) is 1.81. The number of rotatable bonds is 7. The predicted molar refractivity (Wildman–Crippen MR) is 130 cm³/mol. The second-order valence-electron chi connectivity index (χ2n) is 7.72. The highest BCUT2D eigenvalue weighted by Gasteiger charge is 2.20. The first-order valence-electron chi connectivity index (χ1n) is 10.4. The van der Waals surface area contributed by atoms with Gasteiger partial charge >= 0.3 is 0 Å². The lowest BCUT2D eigenvalue weighted by Crippen LogP contribution is -2.33. The molecule has 2 N–H and O–H groups in total. The van der Waals surface area contributed by atoms with Gasteiger partial charge in [-0.25, -0.2) is 4.68 Å². The van der Waals surface area contributed by atoms with Gasteiger partial charge in [0, 0.05) is 11.9 Å². The summed E-state index contributed by atoms with van der Waals surface area (Å²) in [6.07, 6.45) is 0. The summed E-state index contributed by atoms with van der Waals surface area (Å²) in [5, 5.41) is 8.20. The first kappa shape index (κ1) is 21.8. The molecule has 2 aromatic heterocycles. The Labute approximate surface area is 191 Å². The first-order valence-corrected chi connectivity index (χ1v) is 11.3. The molecule has 4 aromatic rings. The Bertz CT molecular complexity index is 1260. The molecule has 0 aliphatic carbocycles. The molecule has 0 saturated carbocycles. The Balaban J connectivity index is 1.52. The van der Waals surface area contributed by atoms with Crippen molar-refractivity contribution in [1.82, 2.24) is 14.7 Å². The number of para-hydroxylation sites is 1. The number of carbonyl (C=O) groups is 1. The van der Waals surface area contributed by atoms with Crippen molar-refractivity contribution in [3.63, 3.8) is 0 Å². The zero-order valence-corrected chi connectivity index (χ0v) is 19.1. The number of thiophene rings is 1. The minimum Gasteiger partial charge on any atom is -0.319 e. The topological polar surface area (TPSA) is 68.1 Å². The van der Waals surface area contributed by atoms with Crippen LogP contribution in [-0.4, -0.2) is 21.8 Å². The highest BCUT2D eigenvalue weighted by atomic mass is 32.1. The second kappa shape index (κ2) is 9.38. The van der Waals surface area contributed by atoms with Gasteiger partial charge in [0.1, 0.15) is 5.69 Å². The fourth-order valence-corrected chi connectivity index (χ4v) is 4.51. The van der Waals surface area contributed by atoms with Gasteiger partial charge in [0.2, 0.25) is 5.91 Å². The first-order chi connectivity index (χ1) is 15.5. The molecule has 164 valence electrons. The molecule has 0 fully saturated rings. The summed E-state index contributed by atoms with van der Waals surface area (Å²) in [4.78, 5) is 27.0. The Hall–Kier alpha value is -3.42. The normalized spacial score (nSPS) is 12.0. The third kappa shape index (κ3) is 4.44. The lowest BCUT2D eigenvalue weighted by molar-refractivity contribution is -0.115. The summed E-state index contributed by atoms with van der Waals surface area (Å²) in [5.74, 6) is -0.260. The number of carbonyl (C=O) groups excluding carboxylic acids is 1. The van der Waals surface area contributed by atoms with Crippen molar-refractivity contribution in [1.29, 1.82) is 0 Å². The van der Waals surface area contributed by atoms with E-state index < -0.39 is 0 Å². The van der Waals surface area contributed by atoms with Gasteiger partial charge in [-0.2, -0.15) is 0 Å². The average molecular weight is 447 g/mol. The fourth-order valence-electron chi connectivity index (χ4n) is 3.69. The fraction of sp³-hybridized carbons (Fsp3) is 0.200. The Morgan fingerprint density at radius 3 is 2.38 bits per heavy atom. The molecule has 0 aliphatic rings. The number of anilines is 1. The van der Waals surface area contributed by atoms with E-state index in [4.69, 9.17) is 0 Å². The van der Waals surface area contributed by atoms with E-state index in [-0.39, 0.29) is 24.1 Å². The SMILES string of the molecule is Cc1ccc([C@@H](NCC(=O)Nc2c(C)n(C)n(-c3ccccc3)c2=O)c2cccs2)cc1. The van der Waals surface area contributed by atoms with Gasteiger partial charge in [-0.3, -0.25) is 19.6 Å². The Morgan fingerprint density at radius 1 is 1.00 bits per heavy atom. The van der Waals surface area contributed by atoms with Gasteiger partial charge in [0.05, 0.1) is 24.0 Å². The minimum atomic E-state index is -0.260. The standard InChI is InChI=1S/C25H26N4O2S/c1-17-11-13-19(14-12-17)24(21-10-7-15-32-21)26-16-22(30)27-23-18(2)28(3)29(25(23)31)20-8-5-4-6-9-20/h4-15,24,26H,16H2,1-3H3,(H,27,30)/t24-/m1/s1. The molecule has 0 spiro atoms. The van der Waals surface area contributed by atoms with Crippen LogP contribution in [0.1, 0.15) is 27.7 Å². The van der Waals surface area contributed by atoms with E-state index in [2.05, 4.69) is 47.9 Å². The highest BCUT2D eigenvalue weighted by molar-refractivity contribution is 7.10. The third-order valence-electron chi connectivity index (χ3n) is 5.52. The van der Waals surface area contributed by atoms with E-state index in [1.165, 1.54) is 5.56 Å². The van der Waals surface area contributed by atoms with Crippen LogP contribution in [0, 0.1) is 13.8 Å². The molecule has 6 nitrogen and oxygen atoms in total. The van der Waals surface area contributed by atoms with Crippen LogP contribution in [0.15, 0.2) is 76.9 Å². The summed E-state index contributed by atoms with van der Waals surface area (Å²) >= 11 is 1.64. The van der Waals surface area contributed by atoms with Gasteiger partial charge in [-0.1, -0.05) is 54.1 Å². The van der Waals surface area contributed by atoms with Gasteiger partial charge < -0.3 is 5.32 Å². The largest absolute Gasteiger partial charge is 0.319 e. The Morgan fingerprint density at radius 2 is 1.72 bits per heavy atom. The molecule has 1 amide bonds. The van der Waals surface area contributed by atoms with Crippen molar-refractivity contribution >= 4 is 22.9 Å². The van der Waals surface area contributed by atoms with Crippen LogP contribution < -0.4 is 16.2 Å². The summed E-state index contributed by atoms with van der Waals surface area (Å²) in [6.45, 7) is 3.95. The van der Waals surface area contributed by atoms with Gasteiger partial charge in [-0.05, 0) is 43.0 Å². The number of benzene rings is 2. The van der Waals surface area contributed by atoms with Crippen LogP contribution in [0.3, 0.4) is 0 Å². The summed E-state index contributed by atoms with van der Waals surface area (Å²) < 4.78 is 3.31. The van der Waals surface area contributed by atoms with Crippen molar-refractivity contribution in [2.24, 2.45) is 7.05 Å². The molecule has 2 heterocycles. The van der Waals surface area contributed by atoms with Crippen molar-refractivity contribution in [3.05, 3.63) is 104 Å². The lowest BCUT2D eigenvalue weighted by Gasteiger charge is -2.18. The van der Waals surface area contributed by atoms with E-state index in [0.29, 0.717) is 11.4 Å². The third-order valence-corrected chi connectivity index (χ3v) is 6.46. The number of amides is 1. The number of aromatic nitrogens is 2. The van der Waals surface area contributed by atoms with E-state index in [1.54, 1.807) is 20.7 Å². The van der Waals surface area contributed by atoms with Crippen LogP contribution in [0.25, 0.3) is 5.69 Å². The highest BCUT2D eigenvalue weighted by Crippen LogP contribution is 2.26. The van der Waals surface area contributed by atoms with Crippen molar-refractivity contribution < 1.29 is 4.79 Å². The van der Waals surface area contributed by atoms with Gasteiger partial charge in [0.25, 0.3) is 5.56 Å². The van der Waals surface area contributed by atoms with Crippen molar-refractivity contribution in [3.8, 4) is 5.69 Å². The Kier molecular flexibility index (Phi) is 6.39. The molecule has 0 unspecified atom stereocenters. The second-order valence-corrected chi connectivity index (χ2v) is 8.70. The van der Waals surface area contributed by atoms with E-state index in [0.717, 1.165) is 16.1 Å². The average Bonchev–Trinajstić information content (AvgIpc) is 3.39. The van der Waals surface area contributed by atoms with Crippen molar-refractivity contribution in [2.45, 2.75) is 19.9 Å². The molecule has 0 saturated heterocycles. The quantitative estimate of drug-likeness (QED) is 0.448. The number of nitrogens with zero attached hydrogens (tertiary/aromatic N) is 2. The lowest BCUT2D eigenvalue weighted by atomic mass is 10.0. The van der Waals surface area contributed by atoms with Crippen LogP contribution in [-0.2, 0) is 11.8 Å². The summed E-state index contributed by atoms with van der Waals surface area (Å²) in [6, 6.07) is 21.6. The summed E-state index contributed by atoms with van der Waals surface area (Å²) in [5.41, 5.74) is 3.77. The maximum Gasteiger partial charge on any atom is 0.295 e. The molecule has 0 radical (unpaired) electrons. The molecule has 0 aliphatic heterocycles. The molecule has 7 heteroatoms. The molecule has 0 bridgehead atoms. The molecule has 32 heavy (non-hydrogen) atoms. The molecule has 1 atom stereocenters. The zero-order chi connectivity index (χ0) is 22.7. The molecule has 2 aromatic carbocycles. The van der Waals surface area contributed by atoms with E-state index in [9.17, 15) is 9.59 Å². The van der Waals surface area contributed by atoms with Gasteiger partial charge in [-0.15, -0.1) is 11.3 Å². The molecule has 4 rings (SSSR count). The van der Waals surface area contributed by atoms with Crippen LogP contribution >= 0.6 is 11.3 Å². The monoisotopic (exact) mass is 446 g/mol. The predicted octanol–water partition coefficient (Wildman–Crippen LogP) is 4.17. The molecular weight excluding hydrogens is 420 g/mol.